The summed E-state index contributed by atoms with van der Waals surface area (Å²) < 4.78 is 10.9. The molecule has 0 spiro atoms. The van der Waals surface area contributed by atoms with Crippen LogP contribution in [0.3, 0.4) is 0 Å². The molecule has 0 amide bonds. The molecule has 1 aromatic carbocycles. The summed E-state index contributed by atoms with van der Waals surface area (Å²) in [6.07, 6.45) is 7.58. The number of aromatic nitrogens is 2. The molecule has 0 atom stereocenters. The molecule has 1 heterocycles. The van der Waals surface area contributed by atoms with Crippen LogP contribution in [0.4, 0.5) is 11.5 Å². The molecule has 23 heavy (non-hydrogen) atoms. The fourth-order valence-corrected chi connectivity index (χ4v) is 2.77. The van der Waals surface area contributed by atoms with Gasteiger partial charge in [-0.2, -0.15) is 4.98 Å². The van der Waals surface area contributed by atoms with E-state index in [0.717, 1.165) is 18.6 Å². The molecule has 1 saturated carbocycles. The lowest BCUT2D eigenvalue weighted by Gasteiger charge is -2.24. The zero-order chi connectivity index (χ0) is 16.1. The number of rotatable bonds is 5. The number of nitrogens with one attached hydrogen (secondary N) is 1. The predicted molar refractivity (Wildman–Crippen MR) is 90.0 cm³/mol. The standard InChI is InChI=1S/C17H22N4O2/c1-22-13-7-9-14(10-8-13)23-17-15(18)16(19-11-20-17)21-12-5-3-2-4-6-12/h7-12H,2-6,18H2,1H3,(H,19,20,21). The van der Waals surface area contributed by atoms with E-state index in [-0.39, 0.29) is 0 Å². The van der Waals surface area contributed by atoms with Crippen LogP contribution in [0.15, 0.2) is 30.6 Å². The van der Waals surface area contributed by atoms with Crippen molar-refractivity contribution in [1.29, 1.82) is 0 Å². The SMILES string of the molecule is COc1ccc(Oc2ncnc(NC3CCCCC3)c2N)cc1. The van der Waals surface area contributed by atoms with E-state index in [1.54, 1.807) is 7.11 Å². The molecule has 1 fully saturated rings. The molecule has 0 bridgehead atoms. The van der Waals surface area contributed by atoms with Gasteiger partial charge in [-0.3, -0.25) is 0 Å². The van der Waals surface area contributed by atoms with Gasteiger partial charge in [0.2, 0.25) is 5.88 Å². The topological polar surface area (TPSA) is 82.3 Å². The maximum absolute atomic E-state index is 6.17. The van der Waals surface area contributed by atoms with Crippen molar-refractivity contribution in [3.8, 4) is 17.4 Å². The maximum Gasteiger partial charge on any atom is 0.248 e. The van der Waals surface area contributed by atoms with E-state index >= 15 is 0 Å². The summed E-state index contributed by atoms with van der Waals surface area (Å²) in [6.45, 7) is 0. The summed E-state index contributed by atoms with van der Waals surface area (Å²) in [5.41, 5.74) is 6.61. The number of nitrogens with two attached hydrogens (primary N) is 1. The maximum atomic E-state index is 6.17. The minimum Gasteiger partial charge on any atom is -0.497 e. The Labute approximate surface area is 136 Å². The highest BCUT2D eigenvalue weighted by Gasteiger charge is 2.17. The van der Waals surface area contributed by atoms with Crippen molar-refractivity contribution in [1.82, 2.24) is 9.97 Å². The van der Waals surface area contributed by atoms with E-state index < -0.39 is 0 Å². The highest BCUT2D eigenvalue weighted by atomic mass is 16.5. The molecule has 6 nitrogen and oxygen atoms in total. The first-order valence-corrected chi connectivity index (χ1v) is 7.95. The van der Waals surface area contributed by atoms with E-state index in [9.17, 15) is 0 Å². The number of nitrogen functional groups attached to an aromatic ring is 1. The minimum atomic E-state index is 0.364. The van der Waals surface area contributed by atoms with Crippen molar-refractivity contribution in [3.63, 3.8) is 0 Å². The van der Waals surface area contributed by atoms with Gasteiger partial charge in [-0.1, -0.05) is 19.3 Å². The number of benzene rings is 1. The molecule has 0 unspecified atom stereocenters. The first kappa shape index (κ1) is 15.4. The molecular weight excluding hydrogens is 292 g/mol. The van der Waals surface area contributed by atoms with Crippen molar-refractivity contribution < 1.29 is 9.47 Å². The Morgan fingerprint density at radius 3 is 2.43 bits per heavy atom. The molecule has 3 N–H and O–H groups in total. The van der Waals surface area contributed by atoms with Gasteiger partial charge in [0.05, 0.1) is 7.11 Å². The average Bonchev–Trinajstić information content (AvgIpc) is 2.60. The second kappa shape index (κ2) is 7.17. The molecule has 1 aliphatic rings. The molecule has 1 aliphatic carbocycles. The summed E-state index contributed by atoms with van der Waals surface area (Å²) in [4.78, 5) is 8.40. The van der Waals surface area contributed by atoms with Crippen LogP contribution < -0.4 is 20.5 Å². The Balaban J connectivity index is 1.72. The van der Waals surface area contributed by atoms with Crippen LogP contribution >= 0.6 is 0 Å². The molecule has 2 aromatic rings. The molecule has 0 saturated heterocycles. The Hall–Kier alpha value is -2.50. The van der Waals surface area contributed by atoms with Gasteiger partial charge in [0, 0.05) is 6.04 Å². The average molecular weight is 314 g/mol. The zero-order valence-corrected chi connectivity index (χ0v) is 13.3. The third kappa shape index (κ3) is 3.83. The lowest BCUT2D eigenvalue weighted by Crippen LogP contribution is -2.23. The number of ether oxygens (including phenoxy) is 2. The van der Waals surface area contributed by atoms with Crippen LogP contribution in [-0.4, -0.2) is 23.1 Å². The van der Waals surface area contributed by atoms with Gasteiger partial charge in [-0.15, -0.1) is 0 Å². The Kier molecular flexibility index (Phi) is 4.80. The van der Waals surface area contributed by atoms with Gasteiger partial charge in [0.1, 0.15) is 23.5 Å². The second-order valence-corrected chi connectivity index (χ2v) is 5.70. The third-order valence-corrected chi connectivity index (χ3v) is 4.07. The molecule has 1 aromatic heterocycles. The summed E-state index contributed by atoms with van der Waals surface area (Å²) in [5.74, 6) is 2.44. The summed E-state index contributed by atoms with van der Waals surface area (Å²) in [6, 6.07) is 7.71. The summed E-state index contributed by atoms with van der Waals surface area (Å²) in [7, 11) is 1.63. The third-order valence-electron chi connectivity index (χ3n) is 4.07. The Morgan fingerprint density at radius 1 is 1.04 bits per heavy atom. The monoisotopic (exact) mass is 314 g/mol. The highest BCUT2D eigenvalue weighted by molar-refractivity contribution is 5.67. The van der Waals surface area contributed by atoms with Crippen molar-refractivity contribution in [2.24, 2.45) is 0 Å². The van der Waals surface area contributed by atoms with Crippen LogP contribution in [0, 0.1) is 0 Å². The fourth-order valence-electron chi connectivity index (χ4n) is 2.77. The molecular formula is C17H22N4O2. The normalized spacial score (nSPS) is 15.2. The summed E-state index contributed by atoms with van der Waals surface area (Å²) >= 11 is 0. The Morgan fingerprint density at radius 2 is 1.74 bits per heavy atom. The fraction of sp³-hybridized carbons (Fsp3) is 0.412. The minimum absolute atomic E-state index is 0.364. The molecule has 6 heteroatoms. The molecule has 3 rings (SSSR count). The van der Waals surface area contributed by atoms with Crippen molar-refractivity contribution in [2.75, 3.05) is 18.2 Å². The lowest BCUT2D eigenvalue weighted by molar-refractivity contribution is 0.412. The van der Waals surface area contributed by atoms with E-state index in [2.05, 4.69) is 15.3 Å². The van der Waals surface area contributed by atoms with Crippen molar-refractivity contribution >= 4 is 11.5 Å². The molecule has 0 radical (unpaired) electrons. The van der Waals surface area contributed by atoms with E-state index in [1.165, 1.54) is 25.6 Å². The number of methoxy groups -OCH3 is 1. The van der Waals surface area contributed by atoms with E-state index in [0.29, 0.717) is 29.2 Å². The number of nitrogens with zero attached hydrogens (tertiary/aromatic N) is 2. The second-order valence-electron chi connectivity index (χ2n) is 5.70. The van der Waals surface area contributed by atoms with Crippen molar-refractivity contribution in [3.05, 3.63) is 30.6 Å². The molecule has 122 valence electrons. The highest BCUT2D eigenvalue weighted by Crippen LogP contribution is 2.31. The lowest BCUT2D eigenvalue weighted by atomic mass is 9.95. The van der Waals surface area contributed by atoms with Gasteiger partial charge < -0.3 is 20.5 Å². The number of anilines is 2. The summed E-state index contributed by atoms with van der Waals surface area (Å²) in [5, 5.41) is 3.42. The Bertz CT molecular complexity index is 640. The zero-order valence-electron chi connectivity index (χ0n) is 13.3. The van der Waals surface area contributed by atoms with Gasteiger partial charge in [-0.25, -0.2) is 4.98 Å². The largest absolute Gasteiger partial charge is 0.497 e. The van der Waals surface area contributed by atoms with Crippen LogP contribution in [-0.2, 0) is 0 Å². The van der Waals surface area contributed by atoms with E-state index in [4.69, 9.17) is 15.2 Å². The first-order chi connectivity index (χ1) is 11.3. The van der Waals surface area contributed by atoms with Crippen LogP contribution in [0.2, 0.25) is 0 Å². The van der Waals surface area contributed by atoms with Gasteiger partial charge in [0.25, 0.3) is 0 Å². The van der Waals surface area contributed by atoms with E-state index in [1.807, 2.05) is 24.3 Å². The van der Waals surface area contributed by atoms with Gasteiger partial charge in [-0.05, 0) is 37.1 Å². The van der Waals surface area contributed by atoms with Gasteiger partial charge >= 0.3 is 0 Å². The van der Waals surface area contributed by atoms with Crippen LogP contribution in [0.25, 0.3) is 0 Å². The predicted octanol–water partition coefficient (Wildman–Crippen LogP) is 3.60. The number of hydrogen-bond acceptors (Lipinski definition) is 6. The van der Waals surface area contributed by atoms with Crippen molar-refractivity contribution in [2.45, 2.75) is 38.1 Å². The molecule has 0 aliphatic heterocycles. The van der Waals surface area contributed by atoms with Crippen LogP contribution in [0.5, 0.6) is 17.4 Å². The quantitative estimate of drug-likeness (QED) is 0.877. The van der Waals surface area contributed by atoms with Crippen LogP contribution in [0.1, 0.15) is 32.1 Å². The van der Waals surface area contributed by atoms with Gasteiger partial charge in [0.15, 0.2) is 5.82 Å². The first-order valence-electron chi connectivity index (χ1n) is 7.95. The smallest absolute Gasteiger partial charge is 0.248 e. The number of hydrogen-bond donors (Lipinski definition) is 2.